The van der Waals surface area contributed by atoms with Crippen LogP contribution in [0.4, 0.5) is 0 Å². The largest absolute Gasteiger partial charge is 0.493 e. The number of para-hydroxylation sites is 1. The molecule has 0 radical (unpaired) electrons. The van der Waals surface area contributed by atoms with Crippen LogP contribution in [0.1, 0.15) is 30.3 Å². The van der Waals surface area contributed by atoms with Gasteiger partial charge in [0.25, 0.3) is 0 Å². The third-order valence-corrected chi connectivity index (χ3v) is 4.18. The lowest BCUT2D eigenvalue weighted by Crippen LogP contribution is -2.03. The molecule has 0 saturated carbocycles. The van der Waals surface area contributed by atoms with Crippen LogP contribution in [0.5, 0.6) is 11.5 Å². The predicted molar refractivity (Wildman–Crippen MR) is 108 cm³/mol. The van der Waals surface area contributed by atoms with Crippen LogP contribution in [0.3, 0.4) is 0 Å². The SMILES string of the molecule is CCCOc1c(/C=N\n2c(Cc3ccccc3)n[nH]c2=S)cccc1OC. The fourth-order valence-electron chi connectivity index (χ4n) is 2.61. The summed E-state index contributed by atoms with van der Waals surface area (Å²) >= 11 is 5.33. The third kappa shape index (κ3) is 4.62. The first-order chi connectivity index (χ1) is 13.2. The second-order valence-electron chi connectivity index (χ2n) is 5.89. The smallest absolute Gasteiger partial charge is 0.216 e. The van der Waals surface area contributed by atoms with Gasteiger partial charge < -0.3 is 9.47 Å². The van der Waals surface area contributed by atoms with Gasteiger partial charge in [-0.05, 0) is 36.3 Å². The maximum absolute atomic E-state index is 5.86. The fourth-order valence-corrected chi connectivity index (χ4v) is 2.81. The Bertz CT molecular complexity index is 964. The molecule has 0 atom stereocenters. The molecule has 140 valence electrons. The number of aromatic nitrogens is 3. The average molecular weight is 382 g/mol. The molecular formula is C20H22N4O2S. The van der Waals surface area contributed by atoms with E-state index in [1.165, 1.54) is 0 Å². The van der Waals surface area contributed by atoms with Crippen molar-refractivity contribution in [3.63, 3.8) is 0 Å². The van der Waals surface area contributed by atoms with E-state index in [0.717, 1.165) is 23.4 Å². The number of rotatable bonds is 8. The lowest BCUT2D eigenvalue weighted by Gasteiger charge is -2.12. The zero-order chi connectivity index (χ0) is 19.1. The van der Waals surface area contributed by atoms with E-state index >= 15 is 0 Å². The summed E-state index contributed by atoms with van der Waals surface area (Å²) in [4.78, 5) is 0. The molecule has 0 unspecified atom stereocenters. The van der Waals surface area contributed by atoms with Crippen molar-refractivity contribution in [2.24, 2.45) is 5.10 Å². The Hall–Kier alpha value is -2.93. The molecule has 6 nitrogen and oxygen atoms in total. The van der Waals surface area contributed by atoms with Gasteiger partial charge in [-0.25, -0.2) is 0 Å². The van der Waals surface area contributed by atoms with E-state index in [9.17, 15) is 0 Å². The monoisotopic (exact) mass is 382 g/mol. The molecule has 7 heteroatoms. The van der Waals surface area contributed by atoms with Gasteiger partial charge in [0.1, 0.15) is 0 Å². The standard InChI is InChI=1S/C20H22N4O2S/c1-3-12-26-19-16(10-7-11-17(19)25-2)14-21-24-18(22-23-20(24)27)13-15-8-5-4-6-9-15/h4-11,14H,3,12-13H2,1-2H3,(H,23,27)/b21-14-. The van der Waals surface area contributed by atoms with Gasteiger partial charge in [-0.3, -0.25) is 5.10 Å². The van der Waals surface area contributed by atoms with Crippen LogP contribution in [0.15, 0.2) is 53.6 Å². The highest BCUT2D eigenvalue weighted by molar-refractivity contribution is 7.71. The summed E-state index contributed by atoms with van der Waals surface area (Å²) in [6.45, 7) is 2.66. The van der Waals surface area contributed by atoms with Gasteiger partial charge in [-0.2, -0.15) is 14.9 Å². The summed E-state index contributed by atoms with van der Waals surface area (Å²) in [5.74, 6) is 2.08. The van der Waals surface area contributed by atoms with Crippen LogP contribution in [0.2, 0.25) is 0 Å². The van der Waals surface area contributed by atoms with Crippen molar-refractivity contribution in [1.82, 2.24) is 14.9 Å². The van der Waals surface area contributed by atoms with Crippen LogP contribution in [-0.2, 0) is 6.42 Å². The van der Waals surface area contributed by atoms with Crippen molar-refractivity contribution in [3.8, 4) is 11.5 Å². The third-order valence-electron chi connectivity index (χ3n) is 3.91. The van der Waals surface area contributed by atoms with Crippen molar-refractivity contribution in [2.45, 2.75) is 19.8 Å². The van der Waals surface area contributed by atoms with E-state index in [4.69, 9.17) is 21.7 Å². The Morgan fingerprint density at radius 1 is 1.19 bits per heavy atom. The minimum atomic E-state index is 0.441. The van der Waals surface area contributed by atoms with E-state index in [0.29, 0.717) is 29.3 Å². The molecule has 0 aliphatic heterocycles. The minimum Gasteiger partial charge on any atom is -0.493 e. The van der Waals surface area contributed by atoms with Crippen molar-refractivity contribution >= 4 is 18.4 Å². The van der Waals surface area contributed by atoms with Crippen molar-refractivity contribution in [2.75, 3.05) is 13.7 Å². The highest BCUT2D eigenvalue weighted by Crippen LogP contribution is 2.30. The number of aromatic amines is 1. The van der Waals surface area contributed by atoms with Gasteiger partial charge in [-0.15, -0.1) is 0 Å². The zero-order valence-electron chi connectivity index (χ0n) is 15.4. The average Bonchev–Trinajstić information content (AvgIpc) is 3.04. The van der Waals surface area contributed by atoms with Crippen LogP contribution >= 0.6 is 12.2 Å². The first kappa shape index (κ1) is 18.8. The van der Waals surface area contributed by atoms with Crippen molar-refractivity contribution in [1.29, 1.82) is 0 Å². The number of H-pyrrole nitrogens is 1. The summed E-state index contributed by atoms with van der Waals surface area (Å²) < 4.78 is 13.3. The van der Waals surface area contributed by atoms with Gasteiger partial charge >= 0.3 is 0 Å². The Kier molecular flexibility index (Phi) is 6.38. The number of nitrogens with one attached hydrogen (secondary N) is 1. The van der Waals surface area contributed by atoms with Crippen LogP contribution in [0.25, 0.3) is 0 Å². The van der Waals surface area contributed by atoms with Gasteiger partial charge in [-0.1, -0.05) is 43.3 Å². The van der Waals surface area contributed by atoms with Gasteiger partial charge in [0.15, 0.2) is 17.3 Å². The van der Waals surface area contributed by atoms with Crippen LogP contribution < -0.4 is 9.47 Å². The molecule has 3 aromatic rings. The van der Waals surface area contributed by atoms with Crippen LogP contribution in [0, 0.1) is 4.77 Å². The number of benzene rings is 2. The van der Waals surface area contributed by atoms with Crippen molar-refractivity contribution in [3.05, 3.63) is 70.3 Å². The molecule has 27 heavy (non-hydrogen) atoms. The number of hydrogen-bond donors (Lipinski definition) is 1. The number of nitrogens with zero attached hydrogens (tertiary/aromatic N) is 3. The summed E-state index contributed by atoms with van der Waals surface area (Å²) in [6, 6.07) is 15.8. The second kappa shape index (κ2) is 9.14. The molecule has 0 bridgehead atoms. The predicted octanol–water partition coefficient (Wildman–Crippen LogP) is 4.21. The highest BCUT2D eigenvalue weighted by atomic mass is 32.1. The van der Waals surface area contributed by atoms with E-state index in [1.807, 2.05) is 48.5 Å². The maximum Gasteiger partial charge on any atom is 0.216 e. The Morgan fingerprint density at radius 3 is 2.74 bits per heavy atom. The molecule has 2 aromatic carbocycles. The van der Waals surface area contributed by atoms with Gasteiger partial charge in [0.2, 0.25) is 4.77 Å². The first-order valence-electron chi connectivity index (χ1n) is 8.77. The Balaban J connectivity index is 1.91. The molecule has 0 aliphatic carbocycles. The molecule has 1 aromatic heterocycles. The summed E-state index contributed by atoms with van der Waals surface area (Å²) in [5.41, 5.74) is 1.95. The molecule has 0 amide bonds. The molecule has 0 fully saturated rings. The Morgan fingerprint density at radius 2 is 2.00 bits per heavy atom. The van der Waals surface area contributed by atoms with Gasteiger partial charge in [0.05, 0.1) is 19.9 Å². The lowest BCUT2D eigenvalue weighted by atomic mass is 10.1. The first-order valence-corrected chi connectivity index (χ1v) is 9.18. The molecule has 0 spiro atoms. The van der Waals surface area contributed by atoms with E-state index < -0.39 is 0 Å². The molecular weight excluding hydrogens is 360 g/mol. The maximum atomic E-state index is 5.86. The summed E-state index contributed by atoms with van der Waals surface area (Å²) in [6.07, 6.45) is 3.25. The minimum absolute atomic E-state index is 0.441. The molecule has 1 N–H and O–H groups in total. The summed E-state index contributed by atoms with van der Waals surface area (Å²) in [5, 5.41) is 11.7. The lowest BCUT2D eigenvalue weighted by molar-refractivity contribution is 0.294. The second-order valence-corrected chi connectivity index (χ2v) is 6.28. The van der Waals surface area contributed by atoms with E-state index in [1.54, 1.807) is 18.0 Å². The van der Waals surface area contributed by atoms with Crippen LogP contribution in [-0.4, -0.2) is 34.8 Å². The normalized spacial score (nSPS) is 11.0. The van der Waals surface area contributed by atoms with E-state index in [2.05, 4.69) is 22.2 Å². The number of methoxy groups -OCH3 is 1. The quantitative estimate of drug-likeness (QED) is 0.468. The highest BCUT2D eigenvalue weighted by Gasteiger charge is 2.10. The van der Waals surface area contributed by atoms with Gasteiger partial charge in [0, 0.05) is 12.0 Å². The summed E-state index contributed by atoms with van der Waals surface area (Å²) in [7, 11) is 1.62. The topological polar surface area (TPSA) is 64.4 Å². The van der Waals surface area contributed by atoms with E-state index in [-0.39, 0.29) is 0 Å². The zero-order valence-corrected chi connectivity index (χ0v) is 16.2. The Labute approximate surface area is 163 Å². The molecule has 3 rings (SSSR count). The molecule has 1 heterocycles. The van der Waals surface area contributed by atoms with Crippen molar-refractivity contribution < 1.29 is 9.47 Å². The number of hydrogen-bond acceptors (Lipinski definition) is 5. The number of ether oxygens (including phenoxy) is 2. The molecule has 0 aliphatic rings. The fraction of sp³-hybridized carbons (Fsp3) is 0.250. The molecule has 0 saturated heterocycles.